The Balaban J connectivity index is 1.51. The standard InChI is InChI=1S/C21H23N3O3/c25-19(22-14-16-8-3-1-4-9-16)15-24-13-7-12-18(24)21(27)23-20(26)17-10-5-2-6-11-17/h1-6,8-11,18H,7,12-15H2,(H,22,25)(H,23,26,27)/t18-/m0/s1. The van der Waals surface area contributed by atoms with E-state index in [0.717, 1.165) is 12.0 Å². The quantitative estimate of drug-likeness (QED) is 0.764. The van der Waals surface area contributed by atoms with Crippen LogP contribution in [0.1, 0.15) is 28.8 Å². The minimum atomic E-state index is -0.458. The largest absolute Gasteiger partial charge is 0.351 e. The second kappa shape index (κ2) is 9.09. The number of amides is 3. The van der Waals surface area contributed by atoms with Crippen LogP contribution in [0.25, 0.3) is 0 Å². The lowest BCUT2D eigenvalue weighted by atomic mass is 10.1. The van der Waals surface area contributed by atoms with Crippen LogP contribution < -0.4 is 10.6 Å². The summed E-state index contributed by atoms with van der Waals surface area (Å²) >= 11 is 0. The molecule has 0 radical (unpaired) electrons. The molecule has 1 fully saturated rings. The van der Waals surface area contributed by atoms with Gasteiger partial charge in [0, 0.05) is 12.1 Å². The highest BCUT2D eigenvalue weighted by Gasteiger charge is 2.32. The fraction of sp³-hybridized carbons (Fsp3) is 0.286. The molecule has 0 bridgehead atoms. The van der Waals surface area contributed by atoms with Crippen LogP contribution in [0.3, 0.4) is 0 Å². The van der Waals surface area contributed by atoms with Crippen LogP contribution >= 0.6 is 0 Å². The molecule has 2 aromatic carbocycles. The molecule has 3 rings (SSSR count). The van der Waals surface area contributed by atoms with E-state index in [4.69, 9.17) is 0 Å². The SMILES string of the molecule is O=C(CN1CCC[C@H]1C(=O)NC(=O)c1ccccc1)NCc1ccccc1. The fourth-order valence-electron chi connectivity index (χ4n) is 3.21. The zero-order chi connectivity index (χ0) is 19.1. The lowest BCUT2D eigenvalue weighted by Crippen LogP contribution is -2.48. The van der Waals surface area contributed by atoms with E-state index in [1.807, 2.05) is 41.3 Å². The zero-order valence-electron chi connectivity index (χ0n) is 15.1. The summed E-state index contributed by atoms with van der Waals surface area (Å²) in [6, 6.07) is 17.8. The molecule has 1 aliphatic heterocycles. The van der Waals surface area contributed by atoms with E-state index in [2.05, 4.69) is 10.6 Å². The first kappa shape index (κ1) is 18.8. The highest BCUT2D eigenvalue weighted by atomic mass is 16.2. The molecule has 1 aliphatic rings. The summed E-state index contributed by atoms with van der Waals surface area (Å²) in [5.74, 6) is -0.897. The van der Waals surface area contributed by atoms with Crippen LogP contribution in [0, 0.1) is 0 Å². The molecular weight excluding hydrogens is 342 g/mol. The van der Waals surface area contributed by atoms with Gasteiger partial charge in [-0.05, 0) is 37.1 Å². The Morgan fingerprint density at radius 2 is 1.63 bits per heavy atom. The summed E-state index contributed by atoms with van der Waals surface area (Å²) in [6.07, 6.45) is 1.46. The Morgan fingerprint density at radius 3 is 2.33 bits per heavy atom. The van der Waals surface area contributed by atoms with E-state index in [1.54, 1.807) is 24.3 Å². The molecule has 1 heterocycles. The van der Waals surface area contributed by atoms with E-state index >= 15 is 0 Å². The Labute approximate surface area is 158 Å². The van der Waals surface area contributed by atoms with Crippen molar-refractivity contribution in [3.8, 4) is 0 Å². The van der Waals surface area contributed by atoms with Gasteiger partial charge >= 0.3 is 0 Å². The number of likely N-dealkylation sites (tertiary alicyclic amines) is 1. The summed E-state index contributed by atoms with van der Waals surface area (Å²) in [6.45, 7) is 1.26. The van der Waals surface area contributed by atoms with Gasteiger partial charge in [0.2, 0.25) is 11.8 Å². The lowest BCUT2D eigenvalue weighted by molar-refractivity contribution is -0.127. The van der Waals surface area contributed by atoms with Gasteiger partial charge in [-0.2, -0.15) is 0 Å². The monoisotopic (exact) mass is 365 g/mol. The van der Waals surface area contributed by atoms with Gasteiger partial charge in [0.1, 0.15) is 0 Å². The Hall–Kier alpha value is -2.99. The molecule has 2 aromatic rings. The summed E-state index contributed by atoms with van der Waals surface area (Å²) < 4.78 is 0. The van der Waals surface area contributed by atoms with Crippen molar-refractivity contribution in [2.24, 2.45) is 0 Å². The lowest BCUT2D eigenvalue weighted by Gasteiger charge is -2.22. The molecule has 0 spiro atoms. The molecule has 2 N–H and O–H groups in total. The normalized spacial score (nSPS) is 16.7. The maximum atomic E-state index is 12.5. The number of rotatable bonds is 6. The van der Waals surface area contributed by atoms with Gasteiger partial charge in [0.25, 0.3) is 5.91 Å². The first-order valence-electron chi connectivity index (χ1n) is 9.08. The zero-order valence-corrected chi connectivity index (χ0v) is 15.1. The average molecular weight is 365 g/mol. The van der Waals surface area contributed by atoms with Crippen molar-refractivity contribution >= 4 is 17.7 Å². The van der Waals surface area contributed by atoms with Gasteiger partial charge in [0.15, 0.2) is 0 Å². The van der Waals surface area contributed by atoms with Crippen LogP contribution in [0.4, 0.5) is 0 Å². The summed E-state index contributed by atoms with van der Waals surface area (Å²) in [4.78, 5) is 38.7. The van der Waals surface area contributed by atoms with Gasteiger partial charge in [-0.3, -0.25) is 24.6 Å². The molecule has 0 unspecified atom stereocenters. The van der Waals surface area contributed by atoms with Gasteiger partial charge in [-0.25, -0.2) is 0 Å². The van der Waals surface area contributed by atoms with Gasteiger partial charge in [-0.15, -0.1) is 0 Å². The molecule has 3 amide bonds. The van der Waals surface area contributed by atoms with Crippen LogP contribution in [0.15, 0.2) is 60.7 Å². The van der Waals surface area contributed by atoms with Crippen LogP contribution in [-0.2, 0) is 16.1 Å². The number of hydrogen-bond donors (Lipinski definition) is 2. The molecule has 140 valence electrons. The van der Waals surface area contributed by atoms with Crippen molar-refractivity contribution in [1.29, 1.82) is 0 Å². The number of nitrogens with one attached hydrogen (secondary N) is 2. The predicted molar refractivity (Wildman–Crippen MR) is 102 cm³/mol. The van der Waals surface area contributed by atoms with Crippen LogP contribution in [-0.4, -0.2) is 41.8 Å². The second-order valence-electron chi connectivity index (χ2n) is 6.58. The predicted octanol–water partition coefficient (Wildman–Crippen LogP) is 1.72. The van der Waals surface area contributed by atoms with E-state index in [1.165, 1.54) is 0 Å². The molecule has 0 aromatic heterocycles. The van der Waals surface area contributed by atoms with E-state index < -0.39 is 11.9 Å². The number of imide groups is 1. The van der Waals surface area contributed by atoms with E-state index in [-0.39, 0.29) is 18.4 Å². The van der Waals surface area contributed by atoms with Crippen molar-refractivity contribution in [3.05, 3.63) is 71.8 Å². The minimum Gasteiger partial charge on any atom is -0.351 e. The molecular formula is C21H23N3O3. The molecule has 1 atom stereocenters. The third-order valence-electron chi connectivity index (χ3n) is 4.62. The number of nitrogens with zero attached hydrogens (tertiary/aromatic N) is 1. The Morgan fingerprint density at radius 1 is 0.963 bits per heavy atom. The molecule has 6 heteroatoms. The minimum absolute atomic E-state index is 0.132. The summed E-state index contributed by atoms with van der Waals surface area (Å²) in [5, 5.41) is 5.32. The Kier molecular flexibility index (Phi) is 6.33. The average Bonchev–Trinajstić information content (AvgIpc) is 3.16. The van der Waals surface area contributed by atoms with E-state index in [9.17, 15) is 14.4 Å². The maximum absolute atomic E-state index is 12.5. The van der Waals surface area contributed by atoms with Crippen molar-refractivity contribution in [2.45, 2.75) is 25.4 Å². The first-order valence-corrected chi connectivity index (χ1v) is 9.08. The van der Waals surface area contributed by atoms with Gasteiger partial charge < -0.3 is 5.32 Å². The van der Waals surface area contributed by atoms with Crippen LogP contribution in [0.5, 0.6) is 0 Å². The highest BCUT2D eigenvalue weighted by molar-refractivity contribution is 6.06. The third kappa shape index (κ3) is 5.24. The number of carbonyl (C=O) groups excluding carboxylic acids is 3. The van der Waals surface area contributed by atoms with Crippen molar-refractivity contribution in [1.82, 2.24) is 15.5 Å². The van der Waals surface area contributed by atoms with Crippen molar-refractivity contribution in [2.75, 3.05) is 13.1 Å². The highest BCUT2D eigenvalue weighted by Crippen LogP contribution is 2.17. The van der Waals surface area contributed by atoms with E-state index in [0.29, 0.717) is 25.1 Å². The Bertz CT molecular complexity index is 793. The molecule has 1 saturated heterocycles. The summed E-state index contributed by atoms with van der Waals surface area (Å²) in [7, 11) is 0. The maximum Gasteiger partial charge on any atom is 0.257 e. The van der Waals surface area contributed by atoms with Crippen LogP contribution in [0.2, 0.25) is 0 Å². The van der Waals surface area contributed by atoms with Crippen molar-refractivity contribution < 1.29 is 14.4 Å². The number of carbonyl (C=O) groups is 3. The first-order chi connectivity index (χ1) is 13.1. The second-order valence-corrected chi connectivity index (χ2v) is 6.58. The third-order valence-corrected chi connectivity index (χ3v) is 4.62. The topological polar surface area (TPSA) is 78.5 Å². The molecule has 0 aliphatic carbocycles. The van der Waals surface area contributed by atoms with Gasteiger partial charge in [0.05, 0.1) is 12.6 Å². The molecule has 0 saturated carbocycles. The number of benzene rings is 2. The van der Waals surface area contributed by atoms with Gasteiger partial charge in [-0.1, -0.05) is 48.5 Å². The van der Waals surface area contributed by atoms with Crippen molar-refractivity contribution in [3.63, 3.8) is 0 Å². The number of hydrogen-bond acceptors (Lipinski definition) is 4. The molecule has 27 heavy (non-hydrogen) atoms. The fourth-order valence-corrected chi connectivity index (χ4v) is 3.21. The summed E-state index contributed by atoms with van der Waals surface area (Å²) in [5.41, 5.74) is 1.46. The smallest absolute Gasteiger partial charge is 0.257 e. The molecule has 6 nitrogen and oxygen atoms in total.